The fourth-order valence-electron chi connectivity index (χ4n) is 5.59. The number of hydrogen-bond acceptors (Lipinski definition) is 2. The Morgan fingerprint density at radius 1 is 0.514 bits per heavy atom. The average Bonchev–Trinajstić information content (AvgIpc) is 3.49. The molecule has 3 aromatic heterocycles. The first kappa shape index (κ1) is 20.3. The van der Waals surface area contributed by atoms with Crippen LogP contribution >= 0.6 is 0 Å². The minimum absolute atomic E-state index is 0.842. The number of fused-ring (bicyclic) bond motifs is 8. The summed E-state index contributed by atoms with van der Waals surface area (Å²) in [4.78, 5) is 10.3. The van der Waals surface area contributed by atoms with Gasteiger partial charge in [0.25, 0.3) is 0 Å². The molecule has 8 rings (SSSR count). The van der Waals surface area contributed by atoms with Gasteiger partial charge in [0.05, 0.1) is 27.6 Å². The van der Waals surface area contributed by atoms with E-state index in [1.165, 1.54) is 27.5 Å². The molecular formula is C33H22N4. The molecule has 0 unspecified atom stereocenters. The molecule has 0 aliphatic heterocycles. The zero-order chi connectivity index (χ0) is 24.5. The van der Waals surface area contributed by atoms with E-state index >= 15 is 0 Å². The van der Waals surface area contributed by atoms with Crippen molar-refractivity contribution in [1.29, 1.82) is 0 Å². The van der Waals surface area contributed by atoms with Gasteiger partial charge in [0.1, 0.15) is 5.65 Å². The van der Waals surface area contributed by atoms with Gasteiger partial charge in [-0.25, -0.2) is 9.97 Å². The molecule has 174 valence electrons. The van der Waals surface area contributed by atoms with E-state index in [1.54, 1.807) is 0 Å². The van der Waals surface area contributed by atoms with Crippen molar-refractivity contribution >= 4 is 49.4 Å². The van der Waals surface area contributed by atoms with Gasteiger partial charge in [0.2, 0.25) is 5.95 Å². The molecule has 0 spiro atoms. The van der Waals surface area contributed by atoms with Crippen LogP contribution in [0.2, 0.25) is 0 Å². The van der Waals surface area contributed by atoms with Crippen LogP contribution in [0, 0.1) is 6.92 Å². The quantitative estimate of drug-likeness (QED) is 0.254. The minimum atomic E-state index is 0.842. The Morgan fingerprint density at radius 2 is 1.16 bits per heavy atom. The summed E-state index contributed by atoms with van der Waals surface area (Å²) >= 11 is 0. The maximum absolute atomic E-state index is 5.27. The average molecular weight is 475 g/mol. The molecule has 8 aromatic rings. The van der Waals surface area contributed by atoms with Gasteiger partial charge in [-0.15, -0.1) is 0 Å². The van der Waals surface area contributed by atoms with E-state index in [-0.39, 0.29) is 0 Å². The van der Waals surface area contributed by atoms with Crippen molar-refractivity contribution < 1.29 is 0 Å². The van der Waals surface area contributed by atoms with Crippen molar-refractivity contribution in [2.45, 2.75) is 6.92 Å². The van der Waals surface area contributed by atoms with E-state index in [2.05, 4.69) is 119 Å². The first-order valence-electron chi connectivity index (χ1n) is 12.5. The van der Waals surface area contributed by atoms with Crippen molar-refractivity contribution in [3.05, 3.63) is 121 Å². The summed E-state index contributed by atoms with van der Waals surface area (Å²) < 4.78 is 4.51. The largest absolute Gasteiger partial charge is 0.279 e. The molecule has 0 bridgehead atoms. The summed E-state index contributed by atoms with van der Waals surface area (Å²) in [7, 11) is 0. The lowest BCUT2D eigenvalue weighted by Crippen LogP contribution is -2.06. The van der Waals surface area contributed by atoms with E-state index in [0.717, 1.165) is 44.6 Å². The van der Waals surface area contributed by atoms with Crippen molar-refractivity contribution in [2.24, 2.45) is 0 Å². The highest BCUT2D eigenvalue weighted by atomic mass is 15.2. The Hall–Kier alpha value is -4.96. The summed E-state index contributed by atoms with van der Waals surface area (Å²) in [6, 6.07) is 40.6. The molecule has 0 aliphatic rings. The summed E-state index contributed by atoms with van der Waals surface area (Å²) in [6.07, 6.45) is 0. The Balaban J connectivity index is 1.56. The van der Waals surface area contributed by atoms with Crippen LogP contribution in [0.1, 0.15) is 5.56 Å². The van der Waals surface area contributed by atoms with Gasteiger partial charge >= 0.3 is 0 Å². The fraction of sp³-hybridized carbons (Fsp3) is 0.0303. The topological polar surface area (TPSA) is 35.1 Å². The molecule has 37 heavy (non-hydrogen) atoms. The van der Waals surface area contributed by atoms with Gasteiger partial charge in [-0.1, -0.05) is 84.4 Å². The van der Waals surface area contributed by atoms with Gasteiger partial charge in [0.15, 0.2) is 0 Å². The van der Waals surface area contributed by atoms with Crippen molar-refractivity contribution in [3.8, 4) is 17.1 Å². The van der Waals surface area contributed by atoms with Crippen LogP contribution in [0.5, 0.6) is 0 Å². The highest BCUT2D eigenvalue weighted by Gasteiger charge is 2.20. The third kappa shape index (κ3) is 2.90. The molecule has 0 amide bonds. The predicted octanol–water partition coefficient (Wildman–Crippen LogP) is 8.11. The lowest BCUT2D eigenvalue weighted by molar-refractivity contribution is 0.979. The third-order valence-electron chi connectivity index (χ3n) is 7.38. The molecule has 0 saturated carbocycles. The number of aromatic nitrogens is 4. The second-order valence-electron chi connectivity index (χ2n) is 9.64. The van der Waals surface area contributed by atoms with Crippen molar-refractivity contribution in [3.63, 3.8) is 0 Å². The molecule has 0 aliphatic carbocycles. The van der Waals surface area contributed by atoms with Crippen LogP contribution in [-0.2, 0) is 0 Å². The zero-order valence-electron chi connectivity index (χ0n) is 20.3. The molecule has 0 saturated heterocycles. The third-order valence-corrected chi connectivity index (χ3v) is 7.38. The lowest BCUT2D eigenvalue weighted by Gasteiger charge is -2.13. The van der Waals surface area contributed by atoms with Crippen LogP contribution in [0.25, 0.3) is 66.5 Å². The van der Waals surface area contributed by atoms with Gasteiger partial charge < -0.3 is 0 Å². The first-order chi connectivity index (χ1) is 18.3. The van der Waals surface area contributed by atoms with E-state index in [0.29, 0.717) is 0 Å². The molecule has 4 nitrogen and oxygen atoms in total. The fourth-order valence-corrected chi connectivity index (χ4v) is 5.59. The lowest BCUT2D eigenvalue weighted by atomic mass is 10.0. The second-order valence-corrected chi connectivity index (χ2v) is 9.64. The van der Waals surface area contributed by atoms with Gasteiger partial charge in [-0.05, 0) is 54.4 Å². The molecule has 5 aromatic carbocycles. The molecular weight excluding hydrogens is 452 g/mol. The summed E-state index contributed by atoms with van der Waals surface area (Å²) in [5, 5.41) is 3.46. The Bertz CT molecular complexity index is 2150. The minimum Gasteiger partial charge on any atom is -0.279 e. The van der Waals surface area contributed by atoms with Crippen LogP contribution in [0.3, 0.4) is 0 Å². The summed E-state index contributed by atoms with van der Waals surface area (Å²) in [5.74, 6) is 0.842. The molecule has 0 fully saturated rings. The SMILES string of the molecule is Cc1ccc(-c2ccc3c4ccccc4n(-c4nc5ccccc5c5nc6ccccc6n45)c3c2)cc1. The second kappa shape index (κ2) is 7.52. The highest BCUT2D eigenvalue weighted by Crippen LogP contribution is 2.36. The molecule has 0 atom stereocenters. The normalized spacial score (nSPS) is 11.9. The van der Waals surface area contributed by atoms with Crippen LogP contribution in [0.15, 0.2) is 115 Å². The van der Waals surface area contributed by atoms with E-state index in [4.69, 9.17) is 9.97 Å². The van der Waals surface area contributed by atoms with Gasteiger partial charge in [0, 0.05) is 16.2 Å². The number of imidazole rings is 1. The van der Waals surface area contributed by atoms with Crippen LogP contribution in [-0.4, -0.2) is 18.9 Å². The predicted molar refractivity (Wildman–Crippen MR) is 153 cm³/mol. The van der Waals surface area contributed by atoms with Crippen LogP contribution in [0.4, 0.5) is 0 Å². The number of hydrogen-bond donors (Lipinski definition) is 0. The summed E-state index contributed by atoms with van der Waals surface area (Å²) in [6.45, 7) is 2.12. The Kier molecular flexibility index (Phi) is 4.12. The van der Waals surface area contributed by atoms with Gasteiger partial charge in [-0.2, -0.15) is 0 Å². The monoisotopic (exact) mass is 474 g/mol. The van der Waals surface area contributed by atoms with Crippen molar-refractivity contribution in [1.82, 2.24) is 18.9 Å². The summed E-state index contributed by atoms with van der Waals surface area (Å²) in [5.41, 5.74) is 9.76. The number of benzene rings is 5. The first-order valence-corrected chi connectivity index (χ1v) is 12.5. The van der Waals surface area contributed by atoms with Gasteiger partial charge in [-0.3, -0.25) is 8.97 Å². The maximum atomic E-state index is 5.27. The molecule has 0 N–H and O–H groups in total. The van der Waals surface area contributed by atoms with E-state index in [1.807, 2.05) is 12.1 Å². The number of nitrogens with zero attached hydrogens (tertiary/aromatic N) is 4. The Labute approximate surface area is 213 Å². The number of aryl methyl sites for hydroxylation is 1. The smallest absolute Gasteiger partial charge is 0.221 e. The molecule has 4 heteroatoms. The van der Waals surface area contributed by atoms with Crippen molar-refractivity contribution in [2.75, 3.05) is 0 Å². The Morgan fingerprint density at radius 3 is 2.00 bits per heavy atom. The molecule has 0 radical (unpaired) electrons. The van der Waals surface area contributed by atoms with Crippen LogP contribution < -0.4 is 0 Å². The van der Waals surface area contributed by atoms with E-state index < -0.39 is 0 Å². The number of rotatable bonds is 2. The standard InChI is InChI=1S/C33H22N4/c1-21-14-16-22(17-15-21)23-18-19-25-24-8-3-6-12-29(24)36(31(25)20-23)33-35-27-10-4-2-9-26(27)32-34-28-11-5-7-13-30(28)37(32)33/h2-20H,1H3. The molecule has 3 heterocycles. The maximum Gasteiger partial charge on any atom is 0.221 e. The van der Waals surface area contributed by atoms with E-state index in [9.17, 15) is 0 Å². The highest BCUT2D eigenvalue weighted by molar-refractivity contribution is 6.10. The zero-order valence-corrected chi connectivity index (χ0v) is 20.3. The number of para-hydroxylation sites is 4.